The lowest BCUT2D eigenvalue weighted by Crippen LogP contribution is -2.49. The van der Waals surface area contributed by atoms with Crippen molar-refractivity contribution < 1.29 is 31.2 Å². The van der Waals surface area contributed by atoms with Crippen molar-refractivity contribution in [3.63, 3.8) is 0 Å². The maximum Gasteiger partial charge on any atom is 0.416 e. The van der Waals surface area contributed by atoms with Crippen LogP contribution in [0.5, 0.6) is 0 Å². The Morgan fingerprint density at radius 1 is 1.18 bits per heavy atom. The number of sulfonamides is 1. The van der Waals surface area contributed by atoms with Crippen LogP contribution in [0.15, 0.2) is 54.7 Å². The highest BCUT2D eigenvalue weighted by atomic mass is 32.2. The van der Waals surface area contributed by atoms with E-state index in [1.165, 1.54) is 6.19 Å². The number of nitrogens with one attached hydrogen (secondary N) is 2. The molecule has 0 aliphatic heterocycles. The number of benzene rings is 2. The van der Waals surface area contributed by atoms with Crippen molar-refractivity contribution in [2.75, 3.05) is 6.26 Å². The predicted octanol–water partition coefficient (Wildman–Crippen LogP) is 2.80. The van der Waals surface area contributed by atoms with Crippen LogP contribution in [0.25, 0.3) is 10.9 Å². The van der Waals surface area contributed by atoms with E-state index in [0.29, 0.717) is 28.8 Å². The molecule has 2 amide bonds. The Balaban J connectivity index is 1.97. The largest absolute Gasteiger partial charge is 0.416 e. The second-order valence-corrected chi connectivity index (χ2v) is 8.97. The van der Waals surface area contributed by atoms with Crippen molar-refractivity contribution in [2.24, 2.45) is 0 Å². The summed E-state index contributed by atoms with van der Waals surface area (Å²) >= 11 is 0. The highest BCUT2D eigenvalue weighted by molar-refractivity contribution is 7.89. The third-order valence-electron chi connectivity index (χ3n) is 4.78. The minimum Gasteiger partial charge on any atom is -0.361 e. The molecule has 1 heterocycles. The van der Waals surface area contributed by atoms with Gasteiger partial charge in [0.15, 0.2) is 0 Å². The Hall–Kier alpha value is -3.85. The second kappa shape index (κ2) is 8.95. The smallest absolute Gasteiger partial charge is 0.361 e. The molecular weight excluding hydrogens is 461 g/mol. The van der Waals surface area contributed by atoms with Gasteiger partial charge in [0.25, 0.3) is 11.8 Å². The molecule has 0 aliphatic carbocycles. The van der Waals surface area contributed by atoms with Gasteiger partial charge in [-0.2, -0.15) is 18.4 Å². The third kappa shape index (κ3) is 5.32. The average Bonchev–Trinajstić information content (AvgIpc) is 3.15. The molecule has 12 heteroatoms. The zero-order valence-corrected chi connectivity index (χ0v) is 17.9. The van der Waals surface area contributed by atoms with Gasteiger partial charge in [-0.3, -0.25) is 9.59 Å². The van der Waals surface area contributed by atoms with Gasteiger partial charge in [0.2, 0.25) is 16.2 Å². The number of nitrogens with zero attached hydrogens (tertiary/aromatic N) is 2. The van der Waals surface area contributed by atoms with Crippen molar-refractivity contribution in [3.8, 4) is 6.19 Å². The third-order valence-corrected chi connectivity index (χ3v) is 5.70. The maximum absolute atomic E-state index is 13.0. The molecule has 3 rings (SSSR count). The van der Waals surface area contributed by atoms with Crippen LogP contribution < -0.4 is 5.32 Å². The summed E-state index contributed by atoms with van der Waals surface area (Å²) in [6, 6.07) is 8.99. The number of aromatic amines is 1. The number of fused-ring (bicyclic) bond motifs is 1. The van der Waals surface area contributed by atoms with Crippen molar-refractivity contribution in [1.29, 1.82) is 5.26 Å². The SMILES string of the molecule is CS(=O)(=O)N(C#N)C(=O)C(Cc1c[nH]c2ccccc12)NC(=O)c1cccc(C(F)(F)F)c1. The first kappa shape index (κ1) is 23.8. The Morgan fingerprint density at radius 2 is 1.88 bits per heavy atom. The van der Waals surface area contributed by atoms with Gasteiger partial charge in [-0.15, -0.1) is 4.31 Å². The minimum atomic E-state index is -4.69. The minimum absolute atomic E-state index is 0.0705. The summed E-state index contributed by atoms with van der Waals surface area (Å²) in [7, 11) is -4.29. The number of para-hydroxylation sites is 1. The van der Waals surface area contributed by atoms with Gasteiger partial charge in [0, 0.05) is 29.1 Å². The summed E-state index contributed by atoms with van der Waals surface area (Å²) in [5, 5.41) is 12.1. The number of nitriles is 1. The molecule has 0 saturated carbocycles. The molecule has 33 heavy (non-hydrogen) atoms. The fourth-order valence-electron chi connectivity index (χ4n) is 3.23. The lowest BCUT2D eigenvalue weighted by Gasteiger charge is -2.21. The number of alkyl halides is 3. The van der Waals surface area contributed by atoms with Crippen molar-refractivity contribution in [3.05, 3.63) is 71.4 Å². The number of carbonyl (C=O) groups is 2. The van der Waals surface area contributed by atoms with Gasteiger partial charge in [-0.25, -0.2) is 8.42 Å². The molecule has 8 nitrogen and oxygen atoms in total. The van der Waals surface area contributed by atoms with Crippen LogP contribution in [-0.4, -0.2) is 41.8 Å². The Bertz CT molecular complexity index is 1360. The normalized spacial score (nSPS) is 12.7. The molecule has 1 atom stereocenters. The van der Waals surface area contributed by atoms with Gasteiger partial charge in [-0.1, -0.05) is 24.3 Å². The molecule has 0 aliphatic rings. The standard InChI is InChI=1S/C21H17F3N4O4S/c1-33(31,32)28(12-25)20(30)18(10-14-11-26-17-8-3-2-7-16(14)17)27-19(29)13-5-4-6-15(9-13)21(22,23)24/h2-9,11,18,26H,10H2,1H3,(H,27,29). The first-order valence-corrected chi connectivity index (χ1v) is 11.2. The van der Waals surface area contributed by atoms with Crippen LogP contribution in [0, 0.1) is 11.5 Å². The van der Waals surface area contributed by atoms with Crippen LogP contribution in [0.2, 0.25) is 0 Å². The Labute approximate surface area is 186 Å². The van der Waals surface area contributed by atoms with Crippen molar-refractivity contribution >= 4 is 32.7 Å². The van der Waals surface area contributed by atoms with E-state index in [1.807, 2.05) is 0 Å². The summed E-state index contributed by atoms with van der Waals surface area (Å²) in [4.78, 5) is 28.6. The molecule has 2 N–H and O–H groups in total. The van der Waals surface area contributed by atoms with Crippen LogP contribution in [-0.2, 0) is 27.4 Å². The first-order valence-electron chi connectivity index (χ1n) is 9.39. The number of rotatable bonds is 6. The summed E-state index contributed by atoms with van der Waals surface area (Å²) < 4.78 is 62.7. The molecule has 0 spiro atoms. The summed E-state index contributed by atoms with van der Waals surface area (Å²) in [6.07, 6.45) is -1.44. The van der Waals surface area contributed by atoms with E-state index in [0.717, 1.165) is 18.2 Å². The van der Waals surface area contributed by atoms with Crippen LogP contribution >= 0.6 is 0 Å². The van der Waals surface area contributed by atoms with Gasteiger partial charge in [-0.05, 0) is 29.8 Å². The molecule has 0 radical (unpaired) electrons. The lowest BCUT2D eigenvalue weighted by molar-refractivity contribution is -0.137. The van der Waals surface area contributed by atoms with E-state index < -0.39 is 39.6 Å². The van der Waals surface area contributed by atoms with E-state index >= 15 is 0 Å². The summed E-state index contributed by atoms with van der Waals surface area (Å²) in [6.45, 7) is 0. The zero-order chi connectivity index (χ0) is 24.4. The molecule has 172 valence electrons. The number of hydrogen-bond donors (Lipinski definition) is 2. The van der Waals surface area contributed by atoms with Gasteiger partial charge >= 0.3 is 6.18 Å². The highest BCUT2D eigenvalue weighted by Gasteiger charge is 2.34. The Kier molecular flexibility index (Phi) is 6.46. The van der Waals surface area contributed by atoms with Gasteiger partial charge in [0.05, 0.1) is 11.8 Å². The predicted molar refractivity (Wildman–Crippen MR) is 112 cm³/mol. The quantitative estimate of drug-likeness (QED) is 0.417. The van der Waals surface area contributed by atoms with Gasteiger partial charge in [0.1, 0.15) is 6.04 Å². The molecule has 0 fully saturated rings. The molecule has 1 unspecified atom stereocenters. The molecule has 0 saturated heterocycles. The monoisotopic (exact) mass is 478 g/mol. The fraction of sp³-hybridized carbons (Fsp3) is 0.190. The van der Waals surface area contributed by atoms with E-state index in [-0.39, 0.29) is 16.3 Å². The molecule has 0 bridgehead atoms. The van der Waals surface area contributed by atoms with E-state index in [2.05, 4.69) is 10.3 Å². The molecular formula is C21H17F3N4O4S. The topological polar surface area (TPSA) is 123 Å². The zero-order valence-electron chi connectivity index (χ0n) is 17.1. The van der Waals surface area contributed by atoms with Crippen molar-refractivity contribution in [1.82, 2.24) is 14.6 Å². The number of amides is 2. The lowest BCUT2D eigenvalue weighted by atomic mass is 10.0. The van der Waals surface area contributed by atoms with E-state index in [4.69, 9.17) is 0 Å². The number of aromatic nitrogens is 1. The first-order chi connectivity index (χ1) is 15.4. The van der Waals surface area contributed by atoms with E-state index in [9.17, 15) is 36.4 Å². The van der Waals surface area contributed by atoms with Crippen LogP contribution in [0.4, 0.5) is 13.2 Å². The van der Waals surface area contributed by atoms with Crippen LogP contribution in [0.1, 0.15) is 21.5 Å². The molecule has 1 aromatic heterocycles. The maximum atomic E-state index is 13.0. The number of carbonyl (C=O) groups excluding carboxylic acids is 2. The van der Waals surface area contributed by atoms with Gasteiger partial charge < -0.3 is 10.3 Å². The average molecular weight is 478 g/mol. The summed E-state index contributed by atoms with van der Waals surface area (Å²) in [5.41, 5.74) is -0.211. The number of hydrogen-bond acceptors (Lipinski definition) is 5. The summed E-state index contributed by atoms with van der Waals surface area (Å²) in [5.74, 6) is -2.28. The Morgan fingerprint density at radius 3 is 2.52 bits per heavy atom. The fourth-order valence-corrected chi connectivity index (χ4v) is 3.83. The number of halogens is 3. The van der Waals surface area contributed by atoms with Crippen molar-refractivity contribution in [2.45, 2.75) is 18.6 Å². The molecule has 2 aromatic carbocycles. The van der Waals surface area contributed by atoms with Crippen LogP contribution in [0.3, 0.4) is 0 Å². The second-order valence-electron chi connectivity index (χ2n) is 7.13. The highest BCUT2D eigenvalue weighted by Crippen LogP contribution is 2.29. The molecule has 3 aromatic rings. The number of H-pyrrole nitrogens is 1. The van der Waals surface area contributed by atoms with E-state index in [1.54, 1.807) is 30.5 Å².